The largest absolute Gasteiger partial charge is 0.481 e. The van der Waals surface area contributed by atoms with E-state index in [-0.39, 0.29) is 43.5 Å². The molecule has 0 heterocycles. The van der Waals surface area contributed by atoms with E-state index in [1.807, 2.05) is 26.8 Å². The van der Waals surface area contributed by atoms with Crippen molar-refractivity contribution in [3.63, 3.8) is 0 Å². The van der Waals surface area contributed by atoms with Gasteiger partial charge in [0.05, 0.1) is 17.9 Å². The molecule has 0 saturated heterocycles. The van der Waals surface area contributed by atoms with Crippen LogP contribution in [-0.2, 0) is 24.1 Å². The van der Waals surface area contributed by atoms with Crippen LogP contribution in [0.15, 0.2) is 12.2 Å². The summed E-state index contributed by atoms with van der Waals surface area (Å²) in [6.45, 7) is 6.12. The molecule has 6 heteroatoms. The molecule has 1 fully saturated rings. The summed E-state index contributed by atoms with van der Waals surface area (Å²) >= 11 is 0. The lowest BCUT2D eigenvalue weighted by Gasteiger charge is -2.24. The van der Waals surface area contributed by atoms with E-state index in [0.717, 1.165) is 6.42 Å². The Morgan fingerprint density at radius 1 is 1.17 bits per heavy atom. The molecular weight excluding hydrogens is 300 g/mol. The van der Waals surface area contributed by atoms with E-state index < -0.39 is 17.3 Å². The van der Waals surface area contributed by atoms with Crippen LogP contribution >= 0.6 is 0 Å². The van der Waals surface area contributed by atoms with Crippen LogP contribution in [-0.4, -0.2) is 36.9 Å². The average molecular weight is 326 g/mol. The SMILES string of the molecule is CCC(C)(C)C(=O)OCCOOCC1C2C=CC(C2)C1C(=O)O. The van der Waals surface area contributed by atoms with Crippen LogP contribution in [0.2, 0.25) is 0 Å². The molecule has 0 aromatic carbocycles. The lowest BCUT2D eigenvalue weighted by atomic mass is 9.84. The van der Waals surface area contributed by atoms with Crippen molar-refractivity contribution in [2.75, 3.05) is 19.8 Å². The van der Waals surface area contributed by atoms with Crippen molar-refractivity contribution in [2.24, 2.45) is 29.1 Å². The Hall–Kier alpha value is -1.40. The number of fused-ring (bicyclic) bond motifs is 2. The molecule has 0 radical (unpaired) electrons. The van der Waals surface area contributed by atoms with Crippen LogP contribution in [0, 0.1) is 29.1 Å². The number of carboxylic acid groups (broad SMARTS) is 1. The Morgan fingerprint density at radius 3 is 2.52 bits per heavy atom. The maximum Gasteiger partial charge on any atom is 0.311 e. The van der Waals surface area contributed by atoms with Gasteiger partial charge in [-0.15, -0.1) is 0 Å². The molecule has 1 N–H and O–H groups in total. The second-order valence-corrected chi connectivity index (χ2v) is 6.96. The Labute approximate surface area is 136 Å². The molecule has 2 rings (SSSR count). The normalized spacial score (nSPS) is 29.0. The van der Waals surface area contributed by atoms with Gasteiger partial charge in [0.15, 0.2) is 0 Å². The van der Waals surface area contributed by atoms with Gasteiger partial charge in [-0.2, -0.15) is 0 Å². The van der Waals surface area contributed by atoms with Crippen LogP contribution in [0.25, 0.3) is 0 Å². The zero-order valence-corrected chi connectivity index (χ0v) is 14.0. The lowest BCUT2D eigenvalue weighted by molar-refractivity contribution is -0.307. The highest BCUT2D eigenvalue weighted by Gasteiger charge is 2.48. The molecule has 1 saturated carbocycles. The minimum atomic E-state index is -0.772. The van der Waals surface area contributed by atoms with Crippen molar-refractivity contribution in [1.29, 1.82) is 0 Å². The van der Waals surface area contributed by atoms with E-state index in [0.29, 0.717) is 6.42 Å². The zero-order chi connectivity index (χ0) is 17.0. The quantitative estimate of drug-likeness (QED) is 0.230. The Kier molecular flexibility index (Phi) is 5.81. The molecular formula is C17H26O6. The summed E-state index contributed by atoms with van der Waals surface area (Å²) in [5.74, 6) is -1.10. The van der Waals surface area contributed by atoms with Gasteiger partial charge >= 0.3 is 11.9 Å². The van der Waals surface area contributed by atoms with E-state index in [1.165, 1.54) is 0 Å². The number of aliphatic carboxylic acids is 1. The monoisotopic (exact) mass is 326 g/mol. The molecule has 130 valence electrons. The maximum absolute atomic E-state index is 11.8. The first-order chi connectivity index (χ1) is 10.9. The smallest absolute Gasteiger partial charge is 0.311 e. The molecule has 2 aliphatic rings. The number of hydrogen-bond donors (Lipinski definition) is 1. The standard InChI is InChI=1S/C17H26O6/c1-4-17(2,3)16(20)21-7-8-22-23-10-13-11-5-6-12(9-11)14(13)15(18)19/h5-6,11-14H,4,7-10H2,1-3H3,(H,18,19). The van der Waals surface area contributed by atoms with Gasteiger partial charge in [0, 0.05) is 5.92 Å². The summed E-state index contributed by atoms with van der Waals surface area (Å²) in [5, 5.41) is 9.32. The third kappa shape index (κ3) is 4.12. The number of hydrogen-bond acceptors (Lipinski definition) is 5. The van der Waals surface area contributed by atoms with Crippen LogP contribution in [0.3, 0.4) is 0 Å². The predicted molar refractivity (Wildman–Crippen MR) is 82.3 cm³/mol. The minimum Gasteiger partial charge on any atom is -0.481 e. The number of carboxylic acids is 1. The number of carbonyl (C=O) groups is 2. The van der Waals surface area contributed by atoms with Gasteiger partial charge in [-0.25, -0.2) is 9.78 Å². The van der Waals surface area contributed by atoms with Gasteiger partial charge in [-0.3, -0.25) is 9.59 Å². The van der Waals surface area contributed by atoms with Gasteiger partial charge in [0.2, 0.25) is 0 Å². The number of esters is 1. The number of rotatable bonds is 9. The van der Waals surface area contributed by atoms with Gasteiger partial charge in [-0.1, -0.05) is 19.1 Å². The molecule has 0 aliphatic heterocycles. The lowest BCUT2D eigenvalue weighted by Crippen LogP contribution is -2.31. The highest BCUT2D eigenvalue weighted by atomic mass is 17.2. The van der Waals surface area contributed by atoms with Crippen LogP contribution in [0.4, 0.5) is 0 Å². The highest BCUT2D eigenvalue weighted by molar-refractivity contribution is 5.75. The van der Waals surface area contributed by atoms with E-state index in [2.05, 4.69) is 6.08 Å². The molecule has 0 spiro atoms. The maximum atomic E-state index is 11.8. The summed E-state index contributed by atoms with van der Waals surface area (Å²) in [4.78, 5) is 33.3. The summed E-state index contributed by atoms with van der Waals surface area (Å²) in [7, 11) is 0. The summed E-state index contributed by atoms with van der Waals surface area (Å²) < 4.78 is 5.13. The van der Waals surface area contributed by atoms with Crippen molar-refractivity contribution in [2.45, 2.75) is 33.6 Å². The zero-order valence-electron chi connectivity index (χ0n) is 14.0. The molecule has 6 nitrogen and oxygen atoms in total. The molecule has 2 aliphatic carbocycles. The van der Waals surface area contributed by atoms with Gasteiger partial charge < -0.3 is 9.84 Å². The van der Waals surface area contributed by atoms with Crippen molar-refractivity contribution in [3.8, 4) is 0 Å². The van der Waals surface area contributed by atoms with E-state index in [9.17, 15) is 14.7 Å². The molecule has 4 unspecified atom stereocenters. The summed E-state index contributed by atoms with van der Waals surface area (Å²) in [6.07, 6.45) is 5.66. The number of carbonyl (C=O) groups excluding carboxylic acids is 1. The summed E-state index contributed by atoms with van der Waals surface area (Å²) in [6, 6.07) is 0. The Morgan fingerprint density at radius 2 is 1.87 bits per heavy atom. The van der Waals surface area contributed by atoms with Gasteiger partial charge in [0.25, 0.3) is 0 Å². The van der Waals surface area contributed by atoms with Gasteiger partial charge in [0.1, 0.15) is 13.2 Å². The van der Waals surface area contributed by atoms with Crippen molar-refractivity contribution in [1.82, 2.24) is 0 Å². The third-order valence-corrected chi connectivity index (χ3v) is 5.09. The van der Waals surface area contributed by atoms with E-state index in [4.69, 9.17) is 14.5 Å². The van der Waals surface area contributed by atoms with Crippen LogP contribution < -0.4 is 0 Å². The second-order valence-electron chi connectivity index (χ2n) is 6.96. The van der Waals surface area contributed by atoms with E-state index in [1.54, 1.807) is 0 Å². The Balaban J connectivity index is 1.64. The molecule has 23 heavy (non-hydrogen) atoms. The predicted octanol–water partition coefficient (Wildman–Crippen LogP) is 2.44. The summed E-state index contributed by atoms with van der Waals surface area (Å²) in [5.41, 5.74) is -0.495. The first-order valence-electron chi connectivity index (χ1n) is 8.19. The topological polar surface area (TPSA) is 82.1 Å². The third-order valence-electron chi connectivity index (χ3n) is 5.09. The van der Waals surface area contributed by atoms with Crippen molar-refractivity contribution in [3.05, 3.63) is 12.2 Å². The molecule has 0 aromatic rings. The first-order valence-corrected chi connectivity index (χ1v) is 8.19. The number of ether oxygens (including phenoxy) is 1. The first kappa shape index (κ1) is 17.9. The second kappa shape index (κ2) is 7.45. The van der Waals surface area contributed by atoms with E-state index >= 15 is 0 Å². The van der Waals surface area contributed by atoms with Crippen LogP contribution in [0.1, 0.15) is 33.6 Å². The fraction of sp³-hybridized carbons (Fsp3) is 0.765. The fourth-order valence-electron chi connectivity index (χ4n) is 3.21. The highest BCUT2D eigenvalue weighted by Crippen LogP contribution is 2.48. The Bertz CT molecular complexity index is 470. The molecule has 0 aromatic heterocycles. The van der Waals surface area contributed by atoms with Crippen LogP contribution in [0.5, 0.6) is 0 Å². The van der Waals surface area contributed by atoms with Crippen molar-refractivity contribution < 1.29 is 29.2 Å². The molecule has 0 amide bonds. The number of allylic oxidation sites excluding steroid dienone is 2. The molecule has 2 bridgehead atoms. The minimum absolute atomic E-state index is 0.0518. The van der Waals surface area contributed by atoms with Crippen molar-refractivity contribution >= 4 is 11.9 Å². The average Bonchev–Trinajstić information content (AvgIpc) is 3.11. The fourth-order valence-corrected chi connectivity index (χ4v) is 3.21. The molecule has 4 atom stereocenters. The van der Waals surface area contributed by atoms with Gasteiger partial charge in [-0.05, 0) is 38.5 Å².